The van der Waals surface area contributed by atoms with Crippen LogP contribution in [0.2, 0.25) is 0 Å². The van der Waals surface area contributed by atoms with E-state index in [2.05, 4.69) is 24.1 Å². The third kappa shape index (κ3) is 4.83. The van der Waals surface area contributed by atoms with Crippen LogP contribution in [0.5, 0.6) is 0 Å². The minimum Gasteiger partial charge on any atom is -0.480 e. The molecule has 0 saturated carbocycles. The lowest BCUT2D eigenvalue weighted by molar-refractivity contribution is -0.144. The Hall–Kier alpha value is -3.13. The Labute approximate surface area is 168 Å². The molecule has 1 aromatic heterocycles. The molecule has 0 aliphatic carbocycles. The zero-order chi connectivity index (χ0) is 21.1. The van der Waals surface area contributed by atoms with Gasteiger partial charge in [-0.1, -0.05) is 13.8 Å². The van der Waals surface area contributed by atoms with E-state index in [4.69, 9.17) is 5.11 Å². The first-order valence-corrected chi connectivity index (χ1v) is 9.54. The Morgan fingerprint density at radius 1 is 1.17 bits per heavy atom. The van der Waals surface area contributed by atoms with Gasteiger partial charge >= 0.3 is 11.9 Å². The molecule has 29 heavy (non-hydrogen) atoms. The van der Waals surface area contributed by atoms with Crippen LogP contribution in [-0.2, 0) is 14.4 Å². The second-order valence-corrected chi connectivity index (χ2v) is 7.81. The Morgan fingerprint density at radius 3 is 2.48 bits per heavy atom. The van der Waals surface area contributed by atoms with Crippen molar-refractivity contribution in [3.05, 3.63) is 42.1 Å². The van der Waals surface area contributed by atoms with E-state index in [1.807, 2.05) is 4.90 Å². The summed E-state index contributed by atoms with van der Waals surface area (Å²) in [6.07, 6.45) is 4.48. The largest absolute Gasteiger partial charge is 0.480 e. The summed E-state index contributed by atoms with van der Waals surface area (Å²) in [5.41, 5.74) is 1.87. The van der Waals surface area contributed by atoms with Crippen LogP contribution in [0.25, 0.3) is 10.9 Å². The summed E-state index contributed by atoms with van der Waals surface area (Å²) in [6, 6.07) is 4.36. The highest BCUT2D eigenvalue weighted by atomic mass is 16.4. The number of benzene rings is 1. The number of rotatable bonds is 6. The molecule has 1 saturated heterocycles. The van der Waals surface area contributed by atoms with Crippen molar-refractivity contribution in [2.75, 3.05) is 18.4 Å². The molecule has 154 valence electrons. The summed E-state index contributed by atoms with van der Waals surface area (Å²) < 4.78 is 0. The Balaban J connectivity index is 1.92. The predicted molar refractivity (Wildman–Crippen MR) is 109 cm³/mol. The molecule has 1 fully saturated rings. The lowest BCUT2D eigenvalue weighted by atomic mass is 9.89. The number of piperidine rings is 1. The molecular formula is C21H25N3O5. The first-order chi connectivity index (χ1) is 13.7. The van der Waals surface area contributed by atoms with Crippen LogP contribution in [0.3, 0.4) is 0 Å². The van der Waals surface area contributed by atoms with Crippen LogP contribution in [0.15, 0.2) is 36.5 Å². The minimum atomic E-state index is -1.21. The fraction of sp³-hybridized carbons (Fsp3) is 0.381. The fourth-order valence-electron chi connectivity index (χ4n) is 4.18. The van der Waals surface area contributed by atoms with Crippen molar-refractivity contribution in [2.45, 2.75) is 26.3 Å². The van der Waals surface area contributed by atoms with E-state index >= 15 is 0 Å². The van der Waals surface area contributed by atoms with Crippen LogP contribution >= 0.6 is 0 Å². The number of nitrogens with zero attached hydrogens (tertiary/aromatic N) is 1. The molecule has 1 aliphatic rings. The van der Waals surface area contributed by atoms with Gasteiger partial charge in [0.05, 0.1) is 0 Å². The molecule has 3 rings (SSSR count). The number of aromatic amines is 1. The number of anilines is 1. The smallest absolute Gasteiger partial charge is 0.328 e. The summed E-state index contributed by atoms with van der Waals surface area (Å²) in [4.78, 5) is 39.7. The molecule has 0 radical (unpaired) electrons. The zero-order valence-electron chi connectivity index (χ0n) is 16.4. The number of carbonyl (C=O) groups is 3. The van der Waals surface area contributed by atoms with Gasteiger partial charge in [-0.15, -0.1) is 0 Å². The number of likely N-dealkylation sites (tertiary alicyclic amines) is 1. The summed E-state index contributed by atoms with van der Waals surface area (Å²) >= 11 is 0. The van der Waals surface area contributed by atoms with Gasteiger partial charge in [-0.2, -0.15) is 0 Å². The number of carboxylic acid groups (broad SMARTS) is 2. The molecular weight excluding hydrogens is 374 g/mol. The summed E-state index contributed by atoms with van der Waals surface area (Å²) in [5.74, 6) is -1.86. The quantitative estimate of drug-likeness (QED) is 0.554. The van der Waals surface area contributed by atoms with Gasteiger partial charge in [-0.05, 0) is 36.5 Å². The van der Waals surface area contributed by atoms with Gasteiger partial charge in [-0.3, -0.25) is 14.5 Å². The summed E-state index contributed by atoms with van der Waals surface area (Å²) in [7, 11) is 0. The van der Waals surface area contributed by atoms with Crippen molar-refractivity contribution in [3.63, 3.8) is 0 Å². The predicted octanol–water partition coefficient (Wildman–Crippen LogP) is 2.85. The lowest BCUT2D eigenvalue weighted by Crippen LogP contribution is -2.43. The summed E-state index contributed by atoms with van der Waals surface area (Å²) in [6.45, 7) is 5.69. The standard InChI is InChI=1S/C21H25N3O5/c1-12-7-13(2)11-24(10-12)20(21(28)29)16-9-22-17-4-3-14(8-15(16)17)23-18(25)5-6-19(26)27/h3-6,8-9,12-13,20,22H,7,10-11H2,1-2H3,(H,23,25)(H,26,27)(H,28,29). The molecule has 8 heteroatoms. The van der Waals surface area contributed by atoms with Crippen molar-refractivity contribution in [2.24, 2.45) is 11.8 Å². The summed E-state index contributed by atoms with van der Waals surface area (Å²) in [5, 5.41) is 21.9. The molecule has 0 bridgehead atoms. The average molecular weight is 399 g/mol. The third-order valence-corrected chi connectivity index (χ3v) is 5.15. The highest BCUT2D eigenvalue weighted by Gasteiger charge is 2.34. The maximum atomic E-state index is 12.2. The van der Waals surface area contributed by atoms with Crippen molar-refractivity contribution >= 4 is 34.4 Å². The number of carbonyl (C=O) groups excluding carboxylic acids is 1. The fourth-order valence-corrected chi connectivity index (χ4v) is 4.18. The van der Waals surface area contributed by atoms with Crippen molar-refractivity contribution < 1.29 is 24.6 Å². The normalized spacial score (nSPS) is 21.3. The first kappa shape index (κ1) is 20.6. The second-order valence-electron chi connectivity index (χ2n) is 7.81. The minimum absolute atomic E-state index is 0.418. The molecule has 8 nitrogen and oxygen atoms in total. The van der Waals surface area contributed by atoms with E-state index < -0.39 is 23.9 Å². The molecule has 1 amide bonds. The second kappa shape index (κ2) is 8.48. The third-order valence-electron chi connectivity index (χ3n) is 5.15. The lowest BCUT2D eigenvalue weighted by Gasteiger charge is -2.38. The van der Waals surface area contributed by atoms with Crippen LogP contribution < -0.4 is 5.32 Å². The zero-order valence-corrected chi connectivity index (χ0v) is 16.4. The van der Waals surface area contributed by atoms with Crippen molar-refractivity contribution in [3.8, 4) is 0 Å². The molecule has 3 atom stereocenters. The molecule has 2 aromatic rings. The van der Waals surface area contributed by atoms with Crippen LogP contribution in [0.1, 0.15) is 31.9 Å². The number of hydrogen-bond acceptors (Lipinski definition) is 4. The van der Waals surface area contributed by atoms with E-state index in [1.165, 1.54) is 0 Å². The van der Waals surface area contributed by atoms with Gasteiger partial charge in [0.2, 0.25) is 5.91 Å². The number of carboxylic acids is 2. The van der Waals surface area contributed by atoms with E-state index in [9.17, 15) is 19.5 Å². The van der Waals surface area contributed by atoms with Crippen molar-refractivity contribution in [1.29, 1.82) is 0 Å². The Kier molecular flexibility index (Phi) is 6.03. The number of hydrogen-bond donors (Lipinski definition) is 4. The SMILES string of the molecule is CC1CC(C)CN(C(C(=O)O)c2c[nH]c3ccc(NC(=O)C=CC(=O)O)cc23)C1. The van der Waals surface area contributed by atoms with E-state index in [1.54, 1.807) is 24.4 Å². The molecule has 2 heterocycles. The highest BCUT2D eigenvalue weighted by Crippen LogP contribution is 2.34. The number of H-pyrrole nitrogens is 1. The van der Waals surface area contributed by atoms with E-state index in [0.29, 0.717) is 41.6 Å². The number of fused-ring (bicyclic) bond motifs is 1. The van der Waals surface area contributed by atoms with Gasteiger partial charge in [0.15, 0.2) is 0 Å². The first-order valence-electron chi connectivity index (χ1n) is 9.54. The number of aromatic nitrogens is 1. The maximum Gasteiger partial charge on any atom is 0.328 e. The van der Waals surface area contributed by atoms with Gasteiger partial charge in [0.1, 0.15) is 6.04 Å². The highest BCUT2D eigenvalue weighted by molar-refractivity contribution is 6.03. The average Bonchev–Trinajstić information content (AvgIpc) is 3.02. The topological polar surface area (TPSA) is 123 Å². The van der Waals surface area contributed by atoms with Crippen molar-refractivity contribution in [1.82, 2.24) is 9.88 Å². The molecule has 3 unspecified atom stereocenters. The molecule has 4 N–H and O–H groups in total. The van der Waals surface area contributed by atoms with Gasteiger partial charge < -0.3 is 20.5 Å². The Morgan fingerprint density at radius 2 is 1.86 bits per heavy atom. The number of aliphatic carboxylic acids is 2. The van der Waals surface area contributed by atoms with Gasteiger partial charge in [0.25, 0.3) is 0 Å². The van der Waals surface area contributed by atoms with Gasteiger partial charge in [0, 0.05) is 53.6 Å². The van der Waals surface area contributed by atoms with Crippen LogP contribution in [-0.4, -0.2) is 51.0 Å². The molecule has 0 spiro atoms. The maximum absolute atomic E-state index is 12.2. The number of nitrogens with one attached hydrogen (secondary N) is 2. The van der Waals surface area contributed by atoms with Crippen LogP contribution in [0.4, 0.5) is 5.69 Å². The monoisotopic (exact) mass is 399 g/mol. The molecule has 1 aromatic carbocycles. The Bertz CT molecular complexity index is 954. The van der Waals surface area contributed by atoms with E-state index in [-0.39, 0.29) is 0 Å². The molecule has 1 aliphatic heterocycles. The van der Waals surface area contributed by atoms with E-state index in [0.717, 1.165) is 24.1 Å². The van der Waals surface area contributed by atoms with Crippen LogP contribution in [0, 0.1) is 11.8 Å². The van der Waals surface area contributed by atoms with Gasteiger partial charge in [-0.25, -0.2) is 4.79 Å². The number of amides is 1.